The van der Waals surface area contributed by atoms with Crippen LogP contribution in [-0.2, 0) is 6.42 Å². The van der Waals surface area contributed by atoms with E-state index in [1.54, 1.807) is 12.1 Å². The molecular weight excluding hydrogens is 326 g/mol. The van der Waals surface area contributed by atoms with Crippen LogP contribution in [-0.4, -0.2) is 0 Å². The number of hydrazine groups is 1. The molecule has 3 N–H and O–H groups in total. The Labute approximate surface area is 125 Å². The number of rotatable bonds is 4. The molecule has 2 nitrogen and oxygen atoms in total. The Bertz CT molecular complexity index is 617. The largest absolute Gasteiger partial charge is 0.271 e. The van der Waals surface area contributed by atoms with Crippen molar-refractivity contribution >= 4 is 15.9 Å². The molecule has 0 heterocycles. The van der Waals surface area contributed by atoms with Crippen LogP contribution in [0.15, 0.2) is 40.9 Å². The van der Waals surface area contributed by atoms with Gasteiger partial charge in [-0.2, -0.15) is 0 Å². The number of aryl methyl sites for hydroxylation is 1. The quantitative estimate of drug-likeness (QED) is 0.656. The third-order valence-electron chi connectivity index (χ3n) is 3.27. The highest BCUT2D eigenvalue weighted by molar-refractivity contribution is 9.10. The minimum absolute atomic E-state index is 0.231. The van der Waals surface area contributed by atoms with Gasteiger partial charge in [-0.15, -0.1) is 0 Å². The Kier molecular flexibility index (Phi) is 4.86. The second kappa shape index (κ2) is 6.43. The van der Waals surface area contributed by atoms with Crippen molar-refractivity contribution in [3.63, 3.8) is 0 Å². The molecule has 0 bridgehead atoms. The van der Waals surface area contributed by atoms with Gasteiger partial charge in [-0.3, -0.25) is 11.3 Å². The maximum absolute atomic E-state index is 13.3. The van der Waals surface area contributed by atoms with E-state index in [1.807, 2.05) is 6.92 Å². The molecule has 0 saturated carbocycles. The zero-order chi connectivity index (χ0) is 14.7. The average molecular weight is 341 g/mol. The van der Waals surface area contributed by atoms with Crippen LogP contribution in [0.25, 0.3) is 0 Å². The first-order valence-electron chi connectivity index (χ1n) is 6.17. The number of halogens is 3. The molecule has 0 aliphatic rings. The molecule has 106 valence electrons. The fourth-order valence-electron chi connectivity index (χ4n) is 2.12. The molecule has 2 aromatic rings. The molecule has 1 unspecified atom stereocenters. The number of hydrogen-bond donors (Lipinski definition) is 2. The van der Waals surface area contributed by atoms with Crippen LogP contribution in [0.2, 0.25) is 0 Å². The first kappa shape index (κ1) is 15.1. The van der Waals surface area contributed by atoms with Crippen LogP contribution >= 0.6 is 15.9 Å². The fraction of sp³-hybridized carbons (Fsp3) is 0.200. The lowest BCUT2D eigenvalue weighted by molar-refractivity contribution is 0.542. The van der Waals surface area contributed by atoms with E-state index < -0.39 is 0 Å². The SMILES string of the molecule is Cc1ccc(F)cc1CC(NN)c1ccc(F)cc1Br. The van der Waals surface area contributed by atoms with Gasteiger partial charge in [-0.05, 0) is 54.3 Å². The number of benzene rings is 2. The third kappa shape index (κ3) is 3.42. The van der Waals surface area contributed by atoms with Crippen LogP contribution in [0.3, 0.4) is 0 Å². The van der Waals surface area contributed by atoms with Crippen molar-refractivity contribution in [2.45, 2.75) is 19.4 Å². The summed E-state index contributed by atoms with van der Waals surface area (Å²) in [5, 5.41) is 0. The Morgan fingerprint density at radius 3 is 2.45 bits per heavy atom. The van der Waals surface area contributed by atoms with Gasteiger partial charge >= 0.3 is 0 Å². The highest BCUT2D eigenvalue weighted by Crippen LogP contribution is 2.27. The van der Waals surface area contributed by atoms with Crippen molar-refractivity contribution in [1.29, 1.82) is 0 Å². The van der Waals surface area contributed by atoms with Crippen molar-refractivity contribution in [3.8, 4) is 0 Å². The van der Waals surface area contributed by atoms with E-state index in [0.717, 1.165) is 16.7 Å². The van der Waals surface area contributed by atoms with E-state index in [9.17, 15) is 8.78 Å². The van der Waals surface area contributed by atoms with Crippen LogP contribution in [0.1, 0.15) is 22.7 Å². The second-order valence-electron chi connectivity index (χ2n) is 4.66. The standard InChI is InChI=1S/C15H15BrF2N2/c1-9-2-3-11(17)6-10(9)7-15(20-19)13-5-4-12(18)8-14(13)16/h2-6,8,15,20H,7,19H2,1H3. The molecular formula is C15H15BrF2N2. The molecule has 2 rings (SSSR count). The first-order valence-corrected chi connectivity index (χ1v) is 6.96. The predicted octanol–water partition coefficient (Wildman–Crippen LogP) is 3.78. The topological polar surface area (TPSA) is 38.0 Å². The first-order chi connectivity index (χ1) is 9.51. The summed E-state index contributed by atoms with van der Waals surface area (Å²) in [5.41, 5.74) is 5.39. The monoisotopic (exact) mass is 340 g/mol. The van der Waals surface area contributed by atoms with Crippen molar-refractivity contribution < 1.29 is 8.78 Å². The maximum Gasteiger partial charge on any atom is 0.124 e. The van der Waals surface area contributed by atoms with Gasteiger partial charge in [0.2, 0.25) is 0 Å². The molecule has 0 radical (unpaired) electrons. The fourth-order valence-corrected chi connectivity index (χ4v) is 2.75. The lowest BCUT2D eigenvalue weighted by atomic mass is 9.96. The molecule has 0 saturated heterocycles. The molecule has 0 aliphatic carbocycles. The van der Waals surface area contributed by atoms with E-state index in [0.29, 0.717) is 10.9 Å². The smallest absolute Gasteiger partial charge is 0.124 e. The van der Waals surface area contributed by atoms with Gasteiger partial charge in [0.25, 0.3) is 0 Å². The lowest BCUT2D eigenvalue weighted by Gasteiger charge is -2.19. The number of nitrogens with two attached hydrogens (primary N) is 1. The van der Waals surface area contributed by atoms with E-state index in [4.69, 9.17) is 5.84 Å². The van der Waals surface area contributed by atoms with E-state index >= 15 is 0 Å². The zero-order valence-corrected chi connectivity index (χ0v) is 12.5. The highest BCUT2D eigenvalue weighted by Gasteiger charge is 2.15. The summed E-state index contributed by atoms with van der Waals surface area (Å²) < 4.78 is 27.1. The minimum atomic E-state index is -0.321. The Hall–Kier alpha value is -1.30. The molecule has 0 amide bonds. The summed E-state index contributed by atoms with van der Waals surface area (Å²) >= 11 is 3.33. The van der Waals surface area contributed by atoms with E-state index in [1.165, 1.54) is 24.3 Å². The number of hydrogen-bond acceptors (Lipinski definition) is 2. The van der Waals surface area contributed by atoms with Gasteiger partial charge < -0.3 is 0 Å². The van der Waals surface area contributed by atoms with Gasteiger partial charge in [0.1, 0.15) is 11.6 Å². The maximum atomic E-state index is 13.3. The zero-order valence-electron chi connectivity index (χ0n) is 11.0. The summed E-state index contributed by atoms with van der Waals surface area (Å²) in [6.45, 7) is 1.92. The average Bonchev–Trinajstić information content (AvgIpc) is 2.40. The Morgan fingerprint density at radius 1 is 1.15 bits per heavy atom. The molecule has 1 atom stereocenters. The molecule has 0 fully saturated rings. The molecule has 2 aromatic carbocycles. The van der Waals surface area contributed by atoms with Crippen LogP contribution < -0.4 is 11.3 Å². The van der Waals surface area contributed by atoms with Gasteiger partial charge in [0, 0.05) is 4.47 Å². The molecule has 5 heteroatoms. The van der Waals surface area contributed by atoms with Gasteiger partial charge in [0.15, 0.2) is 0 Å². The normalized spacial score (nSPS) is 12.4. The predicted molar refractivity (Wildman–Crippen MR) is 79.0 cm³/mol. The summed E-state index contributed by atoms with van der Waals surface area (Å²) in [4.78, 5) is 0. The van der Waals surface area contributed by atoms with E-state index in [-0.39, 0.29) is 17.7 Å². The Balaban J connectivity index is 2.31. The number of nitrogens with one attached hydrogen (secondary N) is 1. The van der Waals surface area contributed by atoms with Crippen LogP contribution in [0.4, 0.5) is 8.78 Å². The van der Waals surface area contributed by atoms with Crippen molar-refractivity contribution in [3.05, 3.63) is 69.2 Å². The summed E-state index contributed by atoms with van der Waals surface area (Å²) in [6.07, 6.45) is 0.518. The van der Waals surface area contributed by atoms with Gasteiger partial charge in [0.05, 0.1) is 6.04 Å². The van der Waals surface area contributed by atoms with Gasteiger partial charge in [-0.25, -0.2) is 8.78 Å². The van der Waals surface area contributed by atoms with Crippen LogP contribution in [0, 0.1) is 18.6 Å². The molecule has 0 spiro atoms. The molecule has 0 aliphatic heterocycles. The van der Waals surface area contributed by atoms with Crippen molar-refractivity contribution in [2.24, 2.45) is 5.84 Å². The summed E-state index contributed by atoms with van der Waals surface area (Å²) in [7, 11) is 0. The second-order valence-corrected chi connectivity index (χ2v) is 5.51. The summed E-state index contributed by atoms with van der Waals surface area (Å²) in [6, 6.07) is 8.86. The lowest BCUT2D eigenvalue weighted by Crippen LogP contribution is -2.30. The molecule has 0 aromatic heterocycles. The van der Waals surface area contributed by atoms with Gasteiger partial charge in [-0.1, -0.05) is 28.1 Å². The van der Waals surface area contributed by atoms with Crippen molar-refractivity contribution in [2.75, 3.05) is 0 Å². The minimum Gasteiger partial charge on any atom is -0.271 e. The highest BCUT2D eigenvalue weighted by atomic mass is 79.9. The van der Waals surface area contributed by atoms with E-state index in [2.05, 4.69) is 21.4 Å². The van der Waals surface area contributed by atoms with Crippen molar-refractivity contribution in [1.82, 2.24) is 5.43 Å². The Morgan fingerprint density at radius 2 is 1.80 bits per heavy atom. The third-order valence-corrected chi connectivity index (χ3v) is 3.96. The van der Waals surface area contributed by atoms with Crippen LogP contribution in [0.5, 0.6) is 0 Å². The molecule has 20 heavy (non-hydrogen) atoms. The summed E-state index contributed by atoms with van der Waals surface area (Å²) in [5.74, 6) is 4.99.